The third-order valence-electron chi connectivity index (χ3n) is 2.22. The maximum absolute atomic E-state index is 12.9. The van der Waals surface area contributed by atoms with Gasteiger partial charge in [0.2, 0.25) is 0 Å². The topological polar surface area (TPSA) is 78.6 Å². The maximum Gasteiger partial charge on any atom is 0.394 e. The van der Waals surface area contributed by atoms with E-state index in [2.05, 4.69) is 4.74 Å². The Balaban J connectivity index is 4.96. The van der Waals surface area contributed by atoms with Crippen molar-refractivity contribution in [1.29, 1.82) is 0 Å². The van der Waals surface area contributed by atoms with Crippen molar-refractivity contribution >= 4 is 11.9 Å². The van der Waals surface area contributed by atoms with E-state index in [9.17, 15) is 22.8 Å². The van der Waals surface area contributed by atoms with Crippen LogP contribution in [0.5, 0.6) is 0 Å². The largest absolute Gasteiger partial charge is 0.466 e. The number of alkyl halides is 3. The van der Waals surface area contributed by atoms with Crippen LogP contribution in [-0.4, -0.2) is 36.4 Å². The average molecular weight is 299 g/mol. The lowest BCUT2D eigenvalue weighted by Gasteiger charge is -2.27. The van der Waals surface area contributed by atoms with E-state index in [4.69, 9.17) is 10.5 Å². The molecular formula is C12H20F3NO4. The normalized spacial score (nSPS) is 15.4. The summed E-state index contributed by atoms with van der Waals surface area (Å²) < 4.78 is 47.9. The fourth-order valence-corrected chi connectivity index (χ4v) is 1.38. The summed E-state index contributed by atoms with van der Waals surface area (Å²) in [4.78, 5) is 22.8. The molecule has 0 bridgehead atoms. The van der Waals surface area contributed by atoms with Gasteiger partial charge in [0.05, 0.1) is 18.9 Å². The lowest BCUT2D eigenvalue weighted by atomic mass is 9.96. The number of rotatable bonds is 5. The molecule has 0 aromatic rings. The molecule has 8 heteroatoms. The van der Waals surface area contributed by atoms with Gasteiger partial charge in [-0.1, -0.05) is 0 Å². The molecule has 0 spiro atoms. The molecule has 0 heterocycles. The van der Waals surface area contributed by atoms with Crippen LogP contribution in [0, 0.1) is 5.92 Å². The number of ether oxygens (including phenoxy) is 2. The molecule has 0 rings (SSSR count). The lowest BCUT2D eigenvalue weighted by Crippen LogP contribution is -2.48. The number of halogens is 3. The van der Waals surface area contributed by atoms with E-state index in [-0.39, 0.29) is 6.61 Å². The zero-order chi connectivity index (χ0) is 16.1. The molecule has 0 aliphatic rings. The van der Waals surface area contributed by atoms with Crippen molar-refractivity contribution in [2.45, 2.75) is 51.9 Å². The summed E-state index contributed by atoms with van der Waals surface area (Å²) in [6.07, 6.45) is -5.82. The van der Waals surface area contributed by atoms with Crippen LogP contribution in [0.2, 0.25) is 0 Å². The zero-order valence-electron chi connectivity index (χ0n) is 11.9. The second kappa shape index (κ2) is 6.92. The standard InChI is InChI=1S/C12H20F3NO4/c1-5-19-8(17)6-7(12(13,14)15)9(16)10(18)20-11(2,3)4/h7,9H,5-6,16H2,1-4H3. The quantitative estimate of drug-likeness (QED) is 0.783. The fourth-order valence-electron chi connectivity index (χ4n) is 1.38. The molecule has 2 atom stereocenters. The van der Waals surface area contributed by atoms with Crippen molar-refractivity contribution in [1.82, 2.24) is 0 Å². The van der Waals surface area contributed by atoms with Gasteiger partial charge < -0.3 is 15.2 Å². The van der Waals surface area contributed by atoms with Gasteiger partial charge in [0.15, 0.2) is 0 Å². The average Bonchev–Trinajstić information content (AvgIpc) is 2.21. The molecule has 0 saturated carbocycles. The van der Waals surface area contributed by atoms with E-state index < -0.39 is 42.1 Å². The highest BCUT2D eigenvalue weighted by Crippen LogP contribution is 2.32. The predicted octanol–water partition coefficient (Wildman–Crippen LogP) is 1.79. The molecule has 0 radical (unpaired) electrons. The number of carbonyl (C=O) groups is 2. The van der Waals surface area contributed by atoms with E-state index in [1.165, 1.54) is 27.7 Å². The summed E-state index contributed by atoms with van der Waals surface area (Å²) in [5.41, 5.74) is 4.33. The van der Waals surface area contributed by atoms with Gasteiger partial charge in [0.1, 0.15) is 11.6 Å². The third kappa shape index (κ3) is 6.74. The van der Waals surface area contributed by atoms with Gasteiger partial charge in [-0.25, -0.2) is 0 Å². The first-order valence-corrected chi connectivity index (χ1v) is 6.09. The van der Waals surface area contributed by atoms with Crippen LogP contribution in [0.3, 0.4) is 0 Å². The predicted molar refractivity (Wildman–Crippen MR) is 64.6 cm³/mol. The highest BCUT2D eigenvalue weighted by molar-refractivity contribution is 5.78. The van der Waals surface area contributed by atoms with Crippen LogP contribution in [-0.2, 0) is 19.1 Å². The van der Waals surface area contributed by atoms with Crippen LogP contribution in [0.25, 0.3) is 0 Å². The molecule has 0 aliphatic heterocycles. The van der Waals surface area contributed by atoms with Crippen LogP contribution in [0.15, 0.2) is 0 Å². The monoisotopic (exact) mass is 299 g/mol. The van der Waals surface area contributed by atoms with E-state index in [0.29, 0.717) is 0 Å². The Morgan fingerprint density at radius 1 is 1.20 bits per heavy atom. The first kappa shape index (κ1) is 18.7. The van der Waals surface area contributed by atoms with Crippen LogP contribution >= 0.6 is 0 Å². The smallest absolute Gasteiger partial charge is 0.394 e. The summed E-state index contributed by atoms with van der Waals surface area (Å²) in [7, 11) is 0. The van der Waals surface area contributed by atoms with Crippen molar-refractivity contribution in [3.63, 3.8) is 0 Å². The van der Waals surface area contributed by atoms with E-state index >= 15 is 0 Å². The number of hydrogen-bond acceptors (Lipinski definition) is 5. The maximum atomic E-state index is 12.9. The van der Waals surface area contributed by atoms with Crippen LogP contribution in [0.1, 0.15) is 34.1 Å². The summed E-state index contributed by atoms with van der Waals surface area (Å²) in [6, 6.07) is -1.97. The molecule has 2 N–H and O–H groups in total. The minimum atomic E-state index is -4.80. The minimum Gasteiger partial charge on any atom is -0.466 e. The van der Waals surface area contributed by atoms with Crippen molar-refractivity contribution < 1.29 is 32.2 Å². The van der Waals surface area contributed by atoms with Crippen molar-refractivity contribution in [2.24, 2.45) is 11.7 Å². The minimum absolute atomic E-state index is 0.0505. The number of hydrogen-bond donors (Lipinski definition) is 1. The summed E-state index contributed by atoms with van der Waals surface area (Å²) >= 11 is 0. The van der Waals surface area contributed by atoms with Crippen molar-refractivity contribution in [3.05, 3.63) is 0 Å². The van der Waals surface area contributed by atoms with Gasteiger partial charge in [0, 0.05) is 0 Å². The van der Waals surface area contributed by atoms with E-state index in [1.807, 2.05) is 0 Å². The fraction of sp³-hybridized carbons (Fsp3) is 0.833. The molecule has 0 aromatic carbocycles. The molecule has 0 saturated heterocycles. The van der Waals surface area contributed by atoms with Gasteiger partial charge >= 0.3 is 18.1 Å². The van der Waals surface area contributed by atoms with Gasteiger partial charge in [0.25, 0.3) is 0 Å². The lowest BCUT2D eigenvalue weighted by molar-refractivity contribution is -0.198. The first-order chi connectivity index (χ1) is 8.88. The van der Waals surface area contributed by atoms with Crippen LogP contribution in [0.4, 0.5) is 13.2 Å². The summed E-state index contributed by atoms with van der Waals surface area (Å²) in [6.45, 7) is 5.93. The van der Waals surface area contributed by atoms with Crippen molar-refractivity contribution in [2.75, 3.05) is 6.61 Å². The van der Waals surface area contributed by atoms with E-state index in [0.717, 1.165) is 0 Å². The molecular weight excluding hydrogens is 279 g/mol. The summed E-state index contributed by atoms with van der Waals surface area (Å²) in [5.74, 6) is -4.60. The Kier molecular flexibility index (Phi) is 6.46. The molecule has 0 aliphatic carbocycles. The Morgan fingerprint density at radius 2 is 1.70 bits per heavy atom. The zero-order valence-corrected chi connectivity index (χ0v) is 11.9. The second-order valence-electron chi connectivity index (χ2n) is 5.22. The van der Waals surface area contributed by atoms with Gasteiger partial charge in [-0.2, -0.15) is 13.2 Å². The second-order valence-corrected chi connectivity index (χ2v) is 5.22. The highest BCUT2D eigenvalue weighted by Gasteiger charge is 2.48. The third-order valence-corrected chi connectivity index (χ3v) is 2.22. The number of carbonyl (C=O) groups excluding carboxylic acids is 2. The molecule has 2 unspecified atom stereocenters. The number of esters is 2. The highest BCUT2D eigenvalue weighted by atomic mass is 19.4. The van der Waals surface area contributed by atoms with Crippen molar-refractivity contribution in [3.8, 4) is 0 Å². The Morgan fingerprint density at radius 3 is 2.05 bits per heavy atom. The van der Waals surface area contributed by atoms with E-state index in [1.54, 1.807) is 0 Å². The molecule has 0 amide bonds. The molecule has 5 nitrogen and oxygen atoms in total. The van der Waals surface area contributed by atoms with Crippen LogP contribution < -0.4 is 5.73 Å². The molecule has 20 heavy (non-hydrogen) atoms. The molecule has 118 valence electrons. The first-order valence-electron chi connectivity index (χ1n) is 6.09. The van der Waals surface area contributed by atoms with Gasteiger partial charge in [-0.3, -0.25) is 9.59 Å². The molecule has 0 fully saturated rings. The Hall–Kier alpha value is -1.31. The van der Waals surface area contributed by atoms with Gasteiger partial charge in [-0.15, -0.1) is 0 Å². The molecule has 0 aromatic heterocycles. The SMILES string of the molecule is CCOC(=O)CC(C(N)C(=O)OC(C)(C)C)C(F)(F)F. The van der Waals surface area contributed by atoms with Gasteiger partial charge in [-0.05, 0) is 27.7 Å². The number of nitrogens with two attached hydrogens (primary N) is 1. The summed E-state index contributed by atoms with van der Waals surface area (Å²) in [5, 5.41) is 0. The Bertz CT molecular complexity index is 350. The Labute approximate surface area is 115 Å².